The number of hydrogen-bond donors (Lipinski definition) is 1. The Hall–Kier alpha value is -3.61. The van der Waals surface area contributed by atoms with E-state index in [4.69, 9.17) is 14.6 Å². The Morgan fingerprint density at radius 1 is 1.06 bits per heavy atom. The van der Waals surface area contributed by atoms with Crippen molar-refractivity contribution >= 4 is 5.97 Å². The molecule has 0 amide bonds. The van der Waals surface area contributed by atoms with Crippen LogP contribution in [0, 0.1) is 0 Å². The van der Waals surface area contributed by atoms with Gasteiger partial charge in [0, 0.05) is 18.1 Å². The second-order valence-corrected chi connectivity index (χ2v) is 7.50. The Bertz CT molecular complexity index is 1090. The van der Waals surface area contributed by atoms with Crippen molar-refractivity contribution in [1.29, 1.82) is 0 Å². The van der Waals surface area contributed by atoms with Crippen LogP contribution in [0.15, 0.2) is 65.5 Å². The van der Waals surface area contributed by atoms with Gasteiger partial charge in [0.1, 0.15) is 23.9 Å². The number of aliphatic carboxylic acids is 1. The highest BCUT2D eigenvalue weighted by atomic mass is 16.5. The third kappa shape index (κ3) is 5.51. The first-order chi connectivity index (χ1) is 14.8. The number of aromatic nitrogens is 2. The summed E-state index contributed by atoms with van der Waals surface area (Å²) >= 11 is 0. The van der Waals surface area contributed by atoms with Crippen molar-refractivity contribution in [1.82, 2.24) is 9.55 Å². The molecule has 0 saturated heterocycles. The molecular weight excluding hydrogens is 396 g/mol. The first-order valence-electron chi connectivity index (χ1n) is 10.1. The highest BCUT2D eigenvalue weighted by molar-refractivity contribution is 5.76. The van der Waals surface area contributed by atoms with E-state index in [9.17, 15) is 9.59 Å². The lowest BCUT2D eigenvalue weighted by Crippen LogP contribution is -2.37. The van der Waals surface area contributed by atoms with Gasteiger partial charge in [-0.2, -0.15) is 0 Å². The minimum Gasteiger partial charge on any atom is -0.492 e. The average molecular weight is 422 g/mol. The smallest absolute Gasteiger partial charge is 0.347 e. The van der Waals surface area contributed by atoms with Crippen LogP contribution >= 0.6 is 0 Å². The lowest BCUT2D eigenvalue weighted by Gasteiger charge is -2.21. The van der Waals surface area contributed by atoms with E-state index in [0.29, 0.717) is 42.6 Å². The zero-order chi connectivity index (χ0) is 22.4. The largest absolute Gasteiger partial charge is 0.492 e. The Kier molecular flexibility index (Phi) is 6.74. The monoisotopic (exact) mass is 422 g/mol. The van der Waals surface area contributed by atoms with Crippen molar-refractivity contribution < 1.29 is 19.4 Å². The van der Waals surface area contributed by atoms with Crippen molar-refractivity contribution in [3.05, 3.63) is 76.8 Å². The van der Waals surface area contributed by atoms with Gasteiger partial charge in [-0.3, -0.25) is 9.36 Å². The van der Waals surface area contributed by atoms with E-state index in [1.54, 1.807) is 34.9 Å². The maximum Gasteiger partial charge on any atom is 0.347 e. The Morgan fingerprint density at radius 2 is 1.71 bits per heavy atom. The summed E-state index contributed by atoms with van der Waals surface area (Å²) in [6.07, 6.45) is 0.626. The van der Waals surface area contributed by atoms with Gasteiger partial charge < -0.3 is 14.6 Å². The van der Waals surface area contributed by atoms with Gasteiger partial charge in [-0.25, -0.2) is 9.78 Å². The Balaban J connectivity index is 1.65. The molecule has 162 valence electrons. The van der Waals surface area contributed by atoms with E-state index in [1.165, 1.54) is 13.8 Å². The van der Waals surface area contributed by atoms with Crippen molar-refractivity contribution in [3.63, 3.8) is 0 Å². The molecule has 1 aromatic heterocycles. The highest BCUT2D eigenvalue weighted by Crippen LogP contribution is 2.22. The van der Waals surface area contributed by atoms with Gasteiger partial charge in [0.15, 0.2) is 5.60 Å². The van der Waals surface area contributed by atoms with Crippen LogP contribution in [-0.2, 0) is 17.8 Å². The first kappa shape index (κ1) is 22.1. The van der Waals surface area contributed by atoms with E-state index in [0.717, 1.165) is 5.56 Å². The summed E-state index contributed by atoms with van der Waals surface area (Å²) < 4.78 is 12.9. The Morgan fingerprint density at radius 3 is 2.32 bits per heavy atom. The number of carboxylic acid groups (broad SMARTS) is 1. The van der Waals surface area contributed by atoms with Gasteiger partial charge in [-0.05, 0) is 38.1 Å². The SMILES string of the molecule is CCc1nc(-c2ccccc2)cc(=O)n1CCOc1ccc(OC(C)(C)C(=O)O)cc1. The van der Waals surface area contributed by atoms with Crippen LogP contribution in [-0.4, -0.2) is 32.8 Å². The molecule has 0 aliphatic carbocycles. The van der Waals surface area contributed by atoms with Gasteiger partial charge >= 0.3 is 5.97 Å². The van der Waals surface area contributed by atoms with Crippen molar-refractivity contribution in [3.8, 4) is 22.8 Å². The van der Waals surface area contributed by atoms with Crippen LogP contribution in [0.5, 0.6) is 11.5 Å². The van der Waals surface area contributed by atoms with Gasteiger partial charge in [-0.1, -0.05) is 37.3 Å². The second-order valence-electron chi connectivity index (χ2n) is 7.50. The molecule has 7 heteroatoms. The molecule has 1 heterocycles. The zero-order valence-electron chi connectivity index (χ0n) is 17.9. The highest BCUT2D eigenvalue weighted by Gasteiger charge is 2.29. The predicted molar refractivity (Wildman–Crippen MR) is 118 cm³/mol. The summed E-state index contributed by atoms with van der Waals surface area (Å²) in [5.74, 6) is 0.692. The molecule has 0 aliphatic heterocycles. The summed E-state index contributed by atoms with van der Waals surface area (Å²) in [5, 5.41) is 9.15. The minimum absolute atomic E-state index is 0.117. The average Bonchev–Trinajstić information content (AvgIpc) is 2.76. The molecule has 2 aromatic carbocycles. The standard InChI is InChI=1S/C24H26N2O5/c1-4-21-25-20(17-8-6-5-7-9-17)16-22(27)26(21)14-15-30-18-10-12-19(13-11-18)31-24(2,3)23(28)29/h5-13,16H,4,14-15H2,1-3H3,(H,28,29). The van der Waals surface area contributed by atoms with Crippen LogP contribution in [0.25, 0.3) is 11.3 Å². The number of carboxylic acids is 1. The lowest BCUT2D eigenvalue weighted by atomic mass is 10.1. The topological polar surface area (TPSA) is 90.7 Å². The molecule has 3 rings (SSSR count). The Labute approximate surface area is 180 Å². The second kappa shape index (κ2) is 9.47. The van der Waals surface area contributed by atoms with Crippen LogP contribution in [0.1, 0.15) is 26.6 Å². The van der Waals surface area contributed by atoms with Gasteiger partial charge in [0.25, 0.3) is 5.56 Å². The molecule has 1 N–H and O–H groups in total. The first-order valence-corrected chi connectivity index (χ1v) is 10.1. The fourth-order valence-corrected chi connectivity index (χ4v) is 3.02. The summed E-state index contributed by atoms with van der Waals surface area (Å²) in [5.41, 5.74) is 0.137. The number of hydrogen-bond acceptors (Lipinski definition) is 5. The molecule has 0 atom stereocenters. The van der Waals surface area contributed by atoms with E-state index in [1.807, 2.05) is 37.3 Å². The third-order valence-electron chi connectivity index (χ3n) is 4.77. The molecule has 0 radical (unpaired) electrons. The van der Waals surface area contributed by atoms with Crippen LogP contribution < -0.4 is 15.0 Å². The van der Waals surface area contributed by atoms with E-state index < -0.39 is 11.6 Å². The molecule has 0 saturated carbocycles. The van der Waals surface area contributed by atoms with E-state index >= 15 is 0 Å². The molecule has 0 aliphatic rings. The van der Waals surface area contributed by atoms with Crippen molar-refractivity contribution in [2.75, 3.05) is 6.61 Å². The summed E-state index contributed by atoms with van der Waals surface area (Å²) in [6.45, 7) is 5.60. The molecule has 0 spiro atoms. The number of carbonyl (C=O) groups is 1. The lowest BCUT2D eigenvalue weighted by molar-refractivity contribution is -0.152. The third-order valence-corrected chi connectivity index (χ3v) is 4.77. The fourth-order valence-electron chi connectivity index (χ4n) is 3.02. The van der Waals surface area contributed by atoms with E-state index in [2.05, 4.69) is 4.98 Å². The maximum atomic E-state index is 12.7. The number of nitrogens with zero attached hydrogens (tertiary/aromatic N) is 2. The molecule has 0 bridgehead atoms. The van der Waals surface area contributed by atoms with Crippen molar-refractivity contribution in [2.24, 2.45) is 0 Å². The van der Waals surface area contributed by atoms with Crippen LogP contribution in [0.3, 0.4) is 0 Å². The molecule has 3 aromatic rings. The summed E-state index contributed by atoms with van der Waals surface area (Å²) in [6, 6.07) is 17.9. The number of aryl methyl sites for hydroxylation is 1. The van der Waals surface area contributed by atoms with Gasteiger partial charge in [0.2, 0.25) is 0 Å². The molecule has 0 fully saturated rings. The van der Waals surface area contributed by atoms with Crippen LogP contribution in [0.4, 0.5) is 0 Å². The quantitative estimate of drug-likeness (QED) is 0.564. The molecule has 7 nitrogen and oxygen atoms in total. The fraction of sp³-hybridized carbons (Fsp3) is 0.292. The molecule has 0 unspecified atom stereocenters. The van der Waals surface area contributed by atoms with Gasteiger partial charge in [0.05, 0.1) is 12.2 Å². The maximum absolute atomic E-state index is 12.7. The molecule has 31 heavy (non-hydrogen) atoms. The zero-order valence-corrected chi connectivity index (χ0v) is 17.9. The minimum atomic E-state index is -1.32. The van der Waals surface area contributed by atoms with Gasteiger partial charge in [-0.15, -0.1) is 0 Å². The predicted octanol–water partition coefficient (Wildman–Crippen LogP) is 3.79. The number of ether oxygens (including phenoxy) is 2. The summed E-state index contributed by atoms with van der Waals surface area (Å²) in [7, 11) is 0. The van der Waals surface area contributed by atoms with Crippen molar-refractivity contribution in [2.45, 2.75) is 39.3 Å². The molecular formula is C24H26N2O5. The normalized spacial score (nSPS) is 11.2. The number of rotatable bonds is 9. The van der Waals surface area contributed by atoms with E-state index in [-0.39, 0.29) is 5.56 Å². The number of benzene rings is 2. The van der Waals surface area contributed by atoms with Crippen LogP contribution in [0.2, 0.25) is 0 Å². The summed E-state index contributed by atoms with van der Waals surface area (Å²) in [4.78, 5) is 28.5.